The summed E-state index contributed by atoms with van der Waals surface area (Å²) in [6.07, 6.45) is 0. The number of rotatable bonds is 3. The molecule has 0 aromatic heterocycles. The smallest absolute Gasteiger partial charge is 0.325 e. The van der Waals surface area contributed by atoms with Crippen molar-refractivity contribution in [3.05, 3.63) is 35.9 Å². The van der Waals surface area contributed by atoms with Crippen LogP contribution < -0.4 is 0 Å². The van der Waals surface area contributed by atoms with Gasteiger partial charge in [-0.25, -0.2) is 0 Å². The first-order valence-electron chi connectivity index (χ1n) is 5.20. The Labute approximate surface area is 89.3 Å². The van der Waals surface area contributed by atoms with E-state index in [0.29, 0.717) is 5.92 Å². The van der Waals surface area contributed by atoms with Crippen LogP contribution in [0, 0.1) is 5.92 Å². The highest BCUT2D eigenvalue weighted by atomic mass is 16.4. The van der Waals surface area contributed by atoms with Crippen molar-refractivity contribution in [2.45, 2.75) is 13.0 Å². The molecule has 15 heavy (non-hydrogen) atoms. The Balaban J connectivity index is 2.18. The summed E-state index contributed by atoms with van der Waals surface area (Å²) < 4.78 is 0. The van der Waals surface area contributed by atoms with E-state index in [1.807, 2.05) is 35.2 Å². The van der Waals surface area contributed by atoms with Crippen LogP contribution in [0.2, 0.25) is 0 Å². The highest BCUT2D eigenvalue weighted by molar-refractivity contribution is 5.75. The van der Waals surface area contributed by atoms with E-state index in [2.05, 4.69) is 6.92 Å². The second-order valence-electron chi connectivity index (χ2n) is 4.21. The lowest BCUT2D eigenvalue weighted by Gasteiger charge is -2.41. The maximum atomic E-state index is 11.2. The van der Waals surface area contributed by atoms with Crippen LogP contribution in [-0.2, 0) is 4.79 Å². The molecule has 0 radical (unpaired) electrons. The number of aliphatic carboxylic acids is 1. The van der Waals surface area contributed by atoms with Crippen LogP contribution in [0.1, 0.15) is 18.5 Å². The van der Waals surface area contributed by atoms with E-state index in [1.54, 1.807) is 0 Å². The van der Waals surface area contributed by atoms with Crippen LogP contribution in [0.3, 0.4) is 0 Å². The minimum Gasteiger partial charge on any atom is -0.480 e. The van der Waals surface area contributed by atoms with Crippen molar-refractivity contribution < 1.29 is 9.90 Å². The number of benzene rings is 1. The van der Waals surface area contributed by atoms with Crippen LogP contribution in [0.15, 0.2) is 30.3 Å². The number of carboxylic acid groups (broad SMARTS) is 1. The number of likely N-dealkylation sites (tertiary alicyclic amines) is 1. The topological polar surface area (TPSA) is 40.5 Å². The Hall–Kier alpha value is -1.35. The molecule has 1 saturated heterocycles. The molecule has 1 heterocycles. The third-order valence-electron chi connectivity index (χ3n) is 2.81. The number of nitrogens with zero attached hydrogens (tertiary/aromatic N) is 1. The molecule has 80 valence electrons. The quantitative estimate of drug-likeness (QED) is 0.817. The summed E-state index contributed by atoms with van der Waals surface area (Å²) >= 11 is 0. The highest BCUT2D eigenvalue weighted by Gasteiger charge is 2.34. The Bertz CT molecular complexity index is 344. The van der Waals surface area contributed by atoms with Gasteiger partial charge < -0.3 is 5.11 Å². The summed E-state index contributed by atoms with van der Waals surface area (Å²) in [5.74, 6) is -0.135. The summed E-state index contributed by atoms with van der Waals surface area (Å²) in [5, 5.41) is 9.21. The fourth-order valence-corrected chi connectivity index (χ4v) is 2.10. The maximum Gasteiger partial charge on any atom is 0.325 e. The molecule has 1 aromatic carbocycles. The van der Waals surface area contributed by atoms with Crippen molar-refractivity contribution in [1.29, 1.82) is 0 Å². The summed E-state index contributed by atoms with van der Waals surface area (Å²) in [5.41, 5.74) is 0.872. The molecule has 1 aromatic rings. The molecule has 1 N–H and O–H groups in total. The largest absolute Gasteiger partial charge is 0.480 e. The molecule has 0 spiro atoms. The number of hydrogen-bond acceptors (Lipinski definition) is 2. The third-order valence-corrected chi connectivity index (χ3v) is 2.81. The molecular weight excluding hydrogens is 190 g/mol. The van der Waals surface area contributed by atoms with Gasteiger partial charge >= 0.3 is 5.97 Å². The fraction of sp³-hybridized carbons (Fsp3) is 0.417. The molecule has 3 heteroatoms. The Morgan fingerprint density at radius 3 is 2.47 bits per heavy atom. The normalized spacial score (nSPS) is 19.5. The fourth-order valence-electron chi connectivity index (χ4n) is 2.10. The van der Waals surface area contributed by atoms with Crippen molar-refractivity contribution in [1.82, 2.24) is 4.90 Å². The molecule has 0 amide bonds. The standard InChI is InChI=1S/C12H15NO2/c1-9-7-13(8-9)11(12(14)15)10-5-3-2-4-6-10/h2-6,9,11H,7-8H2,1H3,(H,14,15)/t11-/m1/s1. The SMILES string of the molecule is CC1CN([C@@H](C(=O)O)c2ccccc2)C1. The van der Waals surface area contributed by atoms with Gasteiger partial charge in [0.1, 0.15) is 6.04 Å². The lowest BCUT2D eigenvalue weighted by Crippen LogP contribution is -2.49. The van der Waals surface area contributed by atoms with Crippen LogP contribution in [-0.4, -0.2) is 29.1 Å². The first-order chi connectivity index (χ1) is 7.18. The van der Waals surface area contributed by atoms with Crippen LogP contribution in [0.4, 0.5) is 0 Å². The van der Waals surface area contributed by atoms with Crippen molar-refractivity contribution in [2.75, 3.05) is 13.1 Å². The number of carboxylic acids is 1. The predicted molar refractivity (Wildman–Crippen MR) is 57.6 cm³/mol. The molecule has 1 aliphatic heterocycles. The molecule has 0 aliphatic carbocycles. The molecule has 0 unspecified atom stereocenters. The van der Waals surface area contributed by atoms with Crippen molar-refractivity contribution in [3.8, 4) is 0 Å². The van der Waals surface area contributed by atoms with Gasteiger partial charge in [-0.1, -0.05) is 37.3 Å². The summed E-state index contributed by atoms with van der Waals surface area (Å²) in [4.78, 5) is 13.2. The number of hydrogen-bond donors (Lipinski definition) is 1. The monoisotopic (exact) mass is 205 g/mol. The van der Waals surface area contributed by atoms with E-state index in [1.165, 1.54) is 0 Å². The minimum absolute atomic E-state index is 0.470. The average Bonchev–Trinajstić information content (AvgIpc) is 2.17. The molecular formula is C12H15NO2. The second kappa shape index (κ2) is 4.03. The van der Waals surface area contributed by atoms with E-state index in [-0.39, 0.29) is 0 Å². The van der Waals surface area contributed by atoms with Gasteiger partial charge in [0.2, 0.25) is 0 Å². The Morgan fingerprint density at radius 1 is 1.40 bits per heavy atom. The van der Waals surface area contributed by atoms with Crippen molar-refractivity contribution in [2.24, 2.45) is 5.92 Å². The van der Waals surface area contributed by atoms with Gasteiger partial charge in [0.15, 0.2) is 0 Å². The van der Waals surface area contributed by atoms with E-state index in [0.717, 1.165) is 18.7 Å². The summed E-state index contributed by atoms with van der Waals surface area (Å²) in [6.45, 7) is 3.90. The molecule has 1 atom stereocenters. The second-order valence-corrected chi connectivity index (χ2v) is 4.21. The van der Waals surface area contributed by atoms with Crippen LogP contribution in [0.25, 0.3) is 0 Å². The van der Waals surface area contributed by atoms with E-state index >= 15 is 0 Å². The maximum absolute atomic E-state index is 11.2. The minimum atomic E-state index is -0.756. The summed E-state index contributed by atoms with van der Waals surface area (Å²) in [6, 6.07) is 8.95. The zero-order valence-corrected chi connectivity index (χ0v) is 8.76. The average molecular weight is 205 g/mol. The van der Waals surface area contributed by atoms with E-state index in [4.69, 9.17) is 0 Å². The zero-order chi connectivity index (χ0) is 10.8. The molecule has 1 fully saturated rings. The van der Waals surface area contributed by atoms with Crippen LogP contribution >= 0.6 is 0 Å². The van der Waals surface area contributed by atoms with Gasteiger partial charge in [-0.15, -0.1) is 0 Å². The zero-order valence-electron chi connectivity index (χ0n) is 8.76. The van der Waals surface area contributed by atoms with E-state index in [9.17, 15) is 9.90 Å². The van der Waals surface area contributed by atoms with Gasteiger partial charge in [-0.2, -0.15) is 0 Å². The van der Waals surface area contributed by atoms with Gasteiger partial charge in [0.25, 0.3) is 0 Å². The summed E-state index contributed by atoms with van der Waals surface area (Å²) in [7, 11) is 0. The first-order valence-corrected chi connectivity index (χ1v) is 5.20. The van der Waals surface area contributed by atoms with Gasteiger partial charge in [-0.3, -0.25) is 9.69 Å². The first kappa shape index (κ1) is 10.2. The predicted octanol–water partition coefficient (Wildman–Crippen LogP) is 1.76. The van der Waals surface area contributed by atoms with Crippen molar-refractivity contribution >= 4 is 5.97 Å². The van der Waals surface area contributed by atoms with Gasteiger partial charge in [-0.05, 0) is 11.5 Å². The van der Waals surface area contributed by atoms with Crippen molar-refractivity contribution in [3.63, 3.8) is 0 Å². The van der Waals surface area contributed by atoms with Gasteiger partial charge in [0, 0.05) is 13.1 Å². The molecule has 2 rings (SSSR count). The number of carbonyl (C=O) groups is 1. The third kappa shape index (κ3) is 2.02. The molecule has 3 nitrogen and oxygen atoms in total. The van der Waals surface area contributed by atoms with Gasteiger partial charge in [0.05, 0.1) is 0 Å². The lowest BCUT2D eigenvalue weighted by molar-refractivity contribution is -0.146. The molecule has 0 saturated carbocycles. The Kier molecular flexibility index (Phi) is 2.73. The Morgan fingerprint density at radius 2 is 2.00 bits per heavy atom. The molecule has 1 aliphatic rings. The molecule has 0 bridgehead atoms. The van der Waals surface area contributed by atoms with Crippen LogP contribution in [0.5, 0.6) is 0 Å². The lowest BCUT2D eigenvalue weighted by atomic mass is 9.96. The van der Waals surface area contributed by atoms with E-state index < -0.39 is 12.0 Å². The highest BCUT2D eigenvalue weighted by Crippen LogP contribution is 2.28.